The third-order valence-electron chi connectivity index (χ3n) is 8.04. The van der Waals surface area contributed by atoms with E-state index in [9.17, 15) is 0 Å². The van der Waals surface area contributed by atoms with Crippen LogP contribution in [0, 0.1) is 0 Å². The SMILES string of the molecule is CCc1ccc2c(c1)[CH]([Zr+2]([C]1=CC(C)=CC1)=[C](c1ccccc1)c1ccccc1)c1cc(CC)ccc1-2.[Cl-].[Cl-]. The van der Waals surface area contributed by atoms with Crippen LogP contribution in [0.25, 0.3) is 11.1 Å². The summed E-state index contributed by atoms with van der Waals surface area (Å²) in [7, 11) is 0. The van der Waals surface area contributed by atoms with E-state index in [-0.39, 0.29) is 24.8 Å². The van der Waals surface area contributed by atoms with E-state index in [1.165, 1.54) is 39.0 Å². The average Bonchev–Trinajstić information content (AvgIpc) is 3.52. The maximum absolute atomic E-state index is 2.59. The van der Waals surface area contributed by atoms with Crippen molar-refractivity contribution in [2.75, 3.05) is 0 Å². The fourth-order valence-corrected chi connectivity index (χ4v) is 15.3. The molecule has 0 aliphatic heterocycles. The zero-order chi connectivity index (χ0) is 25.4. The van der Waals surface area contributed by atoms with Crippen LogP contribution < -0.4 is 24.8 Å². The van der Waals surface area contributed by atoms with Crippen LogP contribution in [0.3, 0.4) is 0 Å². The van der Waals surface area contributed by atoms with Crippen LogP contribution in [0.5, 0.6) is 0 Å². The van der Waals surface area contributed by atoms with Crippen LogP contribution in [0.15, 0.2) is 118 Å². The number of fused-ring (bicyclic) bond motifs is 3. The molecule has 0 spiro atoms. The van der Waals surface area contributed by atoms with Crippen LogP contribution in [0.4, 0.5) is 0 Å². The molecular formula is C36H34Cl2Zr. The molecule has 0 atom stereocenters. The third-order valence-corrected chi connectivity index (χ3v) is 16.3. The van der Waals surface area contributed by atoms with Gasteiger partial charge in [-0.2, -0.15) is 0 Å². The number of rotatable bonds is 6. The Kier molecular flexibility index (Phi) is 9.82. The Labute approximate surface area is 253 Å². The van der Waals surface area contributed by atoms with Crippen LogP contribution in [-0.2, 0) is 34.1 Å². The fourth-order valence-electron chi connectivity index (χ4n) is 6.14. The van der Waals surface area contributed by atoms with Gasteiger partial charge < -0.3 is 24.8 Å². The van der Waals surface area contributed by atoms with Crippen LogP contribution in [-0.4, -0.2) is 3.21 Å². The second-order valence-corrected chi connectivity index (χ2v) is 16.6. The van der Waals surface area contributed by atoms with Crippen LogP contribution in [0.1, 0.15) is 64.2 Å². The van der Waals surface area contributed by atoms with Gasteiger partial charge in [0.05, 0.1) is 0 Å². The molecule has 0 fully saturated rings. The molecule has 6 rings (SSSR count). The first kappa shape index (κ1) is 29.7. The fraction of sp³-hybridized carbons (Fsp3) is 0.194. The quantitative estimate of drug-likeness (QED) is 0.308. The predicted octanol–water partition coefficient (Wildman–Crippen LogP) is 3.01. The molecule has 39 heavy (non-hydrogen) atoms. The molecule has 0 radical (unpaired) electrons. The van der Waals surface area contributed by atoms with Crippen molar-refractivity contribution in [1.29, 1.82) is 0 Å². The standard InChI is InChI=1S/C17H17.C13H10.C6H7.2ClH.Zr/c1-3-12-5-7-16-14(9-12)11-15-10-13(4-2)6-8-17(15)16;1-3-7-12(8-4-1)11-13-9-5-2-6-10-13;1-6-4-2-3-5-6;;;/h5-11H,3-4H2,1-2H3;1-10H;4-5H,2H2,1H3;2*1H;/q;;;;;+2/p-2. The van der Waals surface area contributed by atoms with Gasteiger partial charge in [-0.15, -0.1) is 0 Å². The molecular weight excluding hydrogens is 595 g/mol. The zero-order valence-electron chi connectivity index (χ0n) is 22.8. The van der Waals surface area contributed by atoms with Crippen molar-refractivity contribution in [3.63, 3.8) is 0 Å². The largest absolute Gasteiger partial charge is 1.00 e. The minimum atomic E-state index is -2.59. The van der Waals surface area contributed by atoms with E-state index < -0.39 is 21.3 Å². The molecule has 0 unspecified atom stereocenters. The van der Waals surface area contributed by atoms with E-state index in [1.807, 2.05) is 0 Å². The van der Waals surface area contributed by atoms with Gasteiger partial charge in [-0.25, -0.2) is 0 Å². The van der Waals surface area contributed by atoms with Crippen molar-refractivity contribution >= 4 is 3.21 Å². The number of hydrogen-bond acceptors (Lipinski definition) is 0. The Balaban J connectivity index is 0.00000176. The van der Waals surface area contributed by atoms with Crippen molar-refractivity contribution in [1.82, 2.24) is 0 Å². The second kappa shape index (κ2) is 12.9. The summed E-state index contributed by atoms with van der Waals surface area (Å²) in [6.45, 7) is 6.84. The summed E-state index contributed by atoms with van der Waals surface area (Å²) in [6, 6.07) is 37.2. The van der Waals surface area contributed by atoms with Gasteiger partial charge >= 0.3 is 231 Å². The molecule has 2 aliphatic carbocycles. The normalized spacial score (nSPS) is 13.2. The van der Waals surface area contributed by atoms with Crippen molar-refractivity contribution in [3.05, 3.63) is 151 Å². The number of allylic oxidation sites excluding steroid dienone is 4. The van der Waals surface area contributed by atoms with Gasteiger partial charge in [-0.3, -0.25) is 0 Å². The summed E-state index contributed by atoms with van der Waals surface area (Å²) >= 11 is -2.59. The molecule has 0 bridgehead atoms. The molecule has 4 aromatic rings. The average molecular weight is 629 g/mol. The van der Waals surface area contributed by atoms with Gasteiger partial charge in [-0.05, 0) is 0 Å². The Bertz CT molecular complexity index is 1470. The third kappa shape index (κ3) is 5.65. The van der Waals surface area contributed by atoms with Crippen LogP contribution >= 0.6 is 0 Å². The molecule has 0 aromatic heterocycles. The van der Waals surface area contributed by atoms with Gasteiger partial charge in [0, 0.05) is 0 Å². The number of aryl methyl sites for hydroxylation is 2. The summed E-state index contributed by atoms with van der Waals surface area (Å²) in [5, 5.41) is 0. The first-order valence-corrected chi connectivity index (χ1v) is 17.5. The first-order valence-electron chi connectivity index (χ1n) is 13.7. The van der Waals surface area contributed by atoms with Crippen molar-refractivity contribution in [3.8, 4) is 11.1 Å². The zero-order valence-corrected chi connectivity index (χ0v) is 26.8. The Morgan fingerprint density at radius 3 is 1.59 bits per heavy atom. The van der Waals surface area contributed by atoms with Crippen molar-refractivity contribution < 1.29 is 46.1 Å². The summed E-state index contributed by atoms with van der Waals surface area (Å²) in [4.78, 5) is 0. The molecule has 2 aliphatic rings. The first-order chi connectivity index (χ1) is 18.2. The smallest absolute Gasteiger partial charge is 1.00 e. The molecule has 0 saturated carbocycles. The van der Waals surface area contributed by atoms with Gasteiger partial charge in [0.1, 0.15) is 0 Å². The summed E-state index contributed by atoms with van der Waals surface area (Å²) in [5.74, 6) is 0. The van der Waals surface area contributed by atoms with E-state index in [4.69, 9.17) is 0 Å². The maximum Gasteiger partial charge on any atom is -1.00 e. The van der Waals surface area contributed by atoms with Crippen molar-refractivity contribution in [2.24, 2.45) is 0 Å². The topological polar surface area (TPSA) is 0 Å². The van der Waals surface area contributed by atoms with Crippen LogP contribution in [0.2, 0.25) is 0 Å². The monoisotopic (exact) mass is 626 g/mol. The van der Waals surface area contributed by atoms with Gasteiger partial charge in [0.25, 0.3) is 0 Å². The summed E-state index contributed by atoms with van der Waals surface area (Å²) in [6.07, 6.45) is 8.25. The summed E-state index contributed by atoms with van der Waals surface area (Å²) < 4.78 is 3.83. The number of benzene rings is 4. The minimum absolute atomic E-state index is 0. The van der Waals surface area contributed by atoms with E-state index in [2.05, 4.69) is 130 Å². The Morgan fingerprint density at radius 2 is 1.18 bits per heavy atom. The predicted molar refractivity (Wildman–Crippen MR) is 155 cm³/mol. The molecule has 196 valence electrons. The molecule has 4 aromatic carbocycles. The van der Waals surface area contributed by atoms with E-state index >= 15 is 0 Å². The second-order valence-electron chi connectivity index (χ2n) is 10.3. The van der Waals surface area contributed by atoms with E-state index in [0.717, 1.165) is 19.3 Å². The number of halogens is 2. The van der Waals surface area contributed by atoms with Gasteiger partial charge in [0.15, 0.2) is 0 Å². The minimum Gasteiger partial charge on any atom is -1.00 e. The molecule has 3 heteroatoms. The van der Waals surface area contributed by atoms with Gasteiger partial charge in [-0.1, -0.05) is 0 Å². The summed E-state index contributed by atoms with van der Waals surface area (Å²) in [5.41, 5.74) is 13.2. The van der Waals surface area contributed by atoms with Gasteiger partial charge in [0.2, 0.25) is 0 Å². The molecule has 0 N–H and O–H groups in total. The van der Waals surface area contributed by atoms with Crippen molar-refractivity contribution in [2.45, 2.75) is 43.7 Å². The molecule has 0 heterocycles. The van der Waals surface area contributed by atoms with E-state index in [1.54, 1.807) is 17.6 Å². The molecule has 0 amide bonds. The molecule has 0 saturated heterocycles. The molecule has 0 nitrogen and oxygen atoms in total. The Hall–Kier alpha value is -2.31. The Morgan fingerprint density at radius 1 is 0.692 bits per heavy atom. The number of hydrogen-bond donors (Lipinski definition) is 0. The van der Waals surface area contributed by atoms with E-state index in [0.29, 0.717) is 3.63 Å². The maximum atomic E-state index is 2.55.